The van der Waals surface area contributed by atoms with E-state index >= 15 is 0 Å². The van der Waals surface area contributed by atoms with Crippen molar-refractivity contribution in [3.8, 4) is 0 Å². The van der Waals surface area contributed by atoms with Crippen molar-refractivity contribution in [1.82, 2.24) is 4.90 Å². The van der Waals surface area contributed by atoms with Crippen molar-refractivity contribution < 1.29 is 13.9 Å². The first-order valence-electron chi connectivity index (χ1n) is 5.75. The van der Waals surface area contributed by atoms with Crippen LogP contribution in [0.25, 0.3) is 0 Å². The van der Waals surface area contributed by atoms with Crippen LogP contribution in [0.2, 0.25) is 0 Å². The minimum absolute atomic E-state index is 0.0528. The van der Waals surface area contributed by atoms with Crippen LogP contribution in [0.15, 0.2) is 22.8 Å². The van der Waals surface area contributed by atoms with E-state index in [0.717, 1.165) is 19.4 Å². The third-order valence-electron chi connectivity index (χ3n) is 2.85. The van der Waals surface area contributed by atoms with E-state index in [1.807, 2.05) is 6.92 Å². The van der Waals surface area contributed by atoms with Crippen molar-refractivity contribution >= 4 is 5.91 Å². The van der Waals surface area contributed by atoms with Gasteiger partial charge in [-0.05, 0) is 31.9 Å². The van der Waals surface area contributed by atoms with Gasteiger partial charge in [0.2, 0.25) is 0 Å². The van der Waals surface area contributed by atoms with Crippen molar-refractivity contribution in [3.05, 3.63) is 24.2 Å². The largest absolute Gasteiger partial charge is 0.459 e. The standard InChI is InChI=1S/C12H17NO3/c1-2-13(9-10-5-3-7-15-10)12(14)11-6-4-8-16-11/h4,6,8,10H,2-3,5,7,9H2,1H3. The molecule has 0 N–H and O–H groups in total. The summed E-state index contributed by atoms with van der Waals surface area (Å²) in [5.74, 6) is 0.350. The van der Waals surface area contributed by atoms with E-state index in [2.05, 4.69) is 0 Å². The van der Waals surface area contributed by atoms with Gasteiger partial charge in [0.25, 0.3) is 5.91 Å². The second kappa shape index (κ2) is 5.16. The van der Waals surface area contributed by atoms with Gasteiger partial charge < -0.3 is 14.1 Å². The highest BCUT2D eigenvalue weighted by molar-refractivity contribution is 5.91. The summed E-state index contributed by atoms with van der Waals surface area (Å²) in [6.07, 6.45) is 3.85. The van der Waals surface area contributed by atoms with Gasteiger partial charge in [-0.2, -0.15) is 0 Å². The Hall–Kier alpha value is -1.29. The van der Waals surface area contributed by atoms with Crippen LogP contribution in [0, 0.1) is 0 Å². The minimum atomic E-state index is -0.0528. The van der Waals surface area contributed by atoms with Gasteiger partial charge in [0.05, 0.1) is 12.4 Å². The molecule has 16 heavy (non-hydrogen) atoms. The predicted molar refractivity (Wildman–Crippen MR) is 59.3 cm³/mol. The number of nitrogens with zero attached hydrogens (tertiary/aromatic N) is 1. The van der Waals surface area contributed by atoms with Crippen LogP contribution in [-0.4, -0.2) is 36.6 Å². The van der Waals surface area contributed by atoms with E-state index in [-0.39, 0.29) is 12.0 Å². The highest BCUT2D eigenvalue weighted by Gasteiger charge is 2.23. The van der Waals surface area contributed by atoms with E-state index in [1.54, 1.807) is 17.0 Å². The van der Waals surface area contributed by atoms with E-state index in [4.69, 9.17) is 9.15 Å². The zero-order chi connectivity index (χ0) is 11.4. The predicted octanol–water partition coefficient (Wildman–Crippen LogP) is 1.92. The van der Waals surface area contributed by atoms with Gasteiger partial charge in [0.1, 0.15) is 0 Å². The number of likely N-dealkylation sites (N-methyl/N-ethyl adjacent to an activating group) is 1. The van der Waals surface area contributed by atoms with Gasteiger partial charge in [0.15, 0.2) is 5.76 Å². The number of rotatable bonds is 4. The number of carbonyl (C=O) groups is 1. The fraction of sp³-hybridized carbons (Fsp3) is 0.583. The summed E-state index contributed by atoms with van der Waals surface area (Å²) in [6.45, 7) is 4.13. The summed E-state index contributed by atoms with van der Waals surface area (Å²) in [5.41, 5.74) is 0. The van der Waals surface area contributed by atoms with Gasteiger partial charge in [-0.15, -0.1) is 0 Å². The Kier molecular flexibility index (Phi) is 3.62. The minimum Gasteiger partial charge on any atom is -0.459 e. The first kappa shape index (κ1) is 11.2. The summed E-state index contributed by atoms with van der Waals surface area (Å²) in [4.78, 5) is 13.8. The molecule has 0 radical (unpaired) electrons. The van der Waals surface area contributed by atoms with Crippen LogP contribution in [0.4, 0.5) is 0 Å². The zero-order valence-corrected chi connectivity index (χ0v) is 9.52. The lowest BCUT2D eigenvalue weighted by atomic mass is 10.2. The van der Waals surface area contributed by atoms with Crippen molar-refractivity contribution in [2.24, 2.45) is 0 Å². The molecule has 0 aromatic carbocycles. The van der Waals surface area contributed by atoms with Crippen molar-refractivity contribution in [2.75, 3.05) is 19.7 Å². The average molecular weight is 223 g/mol. The third kappa shape index (κ3) is 2.44. The average Bonchev–Trinajstić information content (AvgIpc) is 2.97. The van der Waals surface area contributed by atoms with Gasteiger partial charge in [-0.1, -0.05) is 0 Å². The molecular formula is C12H17NO3. The molecular weight excluding hydrogens is 206 g/mol. The Labute approximate surface area is 95.2 Å². The quantitative estimate of drug-likeness (QED) is 0.783. The van der Waals surface area contributed by atoms with E-state index in [1.165, 1.54) is 6.26 Å². The van der Waals surface area contributed by atoms with Crippen LogP contribution in [0.5, 0.6) is 0 Å². The zero-order valence-electron chi connectivity index (χ0n) is 9.52. The normalized spacial score (nSPS) is 19.9. The molecule has 1 atom stereocenters. The lowest BCUT2D eigenvalue weighted by Gasteiger charge is -2.22. The van der Waals surface area contributed by atoms with Gasteiger partial charge in [-0.3, -0.25) is 4.79 Å². The van der Waals surface area contributed by atoms with Crippen molar-refractivity contribution in [1.29, 1.82) is 0 Å². The highest BCUT2D eigenvalue weighted by atomic mass is 16.5. The summed E-state index contributed by atoms with van der Waals surface area (Å²) in [5, 5.41) is 0. The van der Waals surface area contributed by atoms with E-state index < -0.39 is 0 Å². The Morgan fingerprint density at radius 1 is 1.62 bits per heavy atom. The smallest absolute Gasteiger partial charge is 0.289 e. The molecule has 1 saturated heterocycles. The van der Waals surface area contributed by atoms with Crippen LogP contribution < -0.4 is 0 Å². The molecule has 1 amide bonds. The van der Waals surface area contributed by atoms with Crippen LogP contribution in [0.3, 0.4) is 0 Å². The maximum atomic E-state index is 12.0. The molecule has 1 unspecified atom stereocenters. The van der Waals surface area contributed by atoms with E-state index in [9.17, 15) is 4.79 Å². The van der Waals surface area contributed by atoms with Gasteiger partial charge in [-0.25, -0.2) is 0 Å². The molecule has 88 valence electrons. The Bertz CT molecular complexity index is 328. The number of hydrogen-bond donors (Lipinski definition) is 0. The molecule has 1 aliphatic heterocycles. The molecule has 1 aliphatic rings. The fourth-order valence-electron chi connectivity index (χ4n) is 1.95. The second-order valence-electron chi connectivity index (χ2n) is 3.96. The molecule has 1 fully saturated rings. The Morgan fingerprint density at radius 2 is 2.50 bits per heavy atom. The Morgan fingerprint density at radius 3 is 3.06 bits per heavy atom. The maximum Gasteiger partial charge on any atom is 0.289 e. The van der Waals surface area contributed by atoms with Crippen LogP contribution in [0.1, 0.15) is 30.3 Å². The molecule has 1 aromatic rings. The second-order valence-corrected chi connectivity index (χ2v) is 3.96. The van der Waals surface area contributed by atoms with Crippen LogP contribution in [-0.2, 0) is 4.74 Å². The van der Waals surface area contributed by atoms with Crippen molar-refractivity contribution in [2.45, 2.75) is 25.9 Å². The molecule has 2 heterocycles. The molecule has 2 rings (SSSR count). The molecule has 0 spiro atoms. The fourth-order valence-corrected chi connectivity index (χ4v) is 1.95. The number of carbonyl (C=O) groups excluding carboxylic acids is 1. The maximum absolute atomic E-state index is 12.0. The number of ether oxygens (including phenoxy) is 1. The topological polar surface area (TPSA) is 42.7 Å². The molecule has 4 nitrogen and oxygen atoms in total. The third-order valence-corrected chi connectivity index (χ3v) is 2.85. The monoisotopic (exact) mass is 223 g/mol. The molecule has 0 bridgehead atoms. The number of amides is 1. The lowest BCUT2D eigenvalue weighted by Crippen LogP contribution is -2.37. The molecule has 0 aliphatic carbocycles. The number of hydrogen-bond acceptors (Lipinski definition) is 3. The van der Waals surface area contributed by atoms with Gasteiger partial charge >= 0.3 is 0 Å². The SMILES string of the molecule is CCN(CC1CCCO1)C(=O)c1ccco1. The Balaban J connectivity index is 1.96. The first-order chi connectivity index (χ1) is 7.81. The van der Waals surface area contributed by atoms with Crippen molar-refractivity contribution in [3.63, 3.8) is 0 Å². The molecule has 1 aromatic heterocycles. The molecule has 0 saturated carbocycles. The summed E-state index contributed by atoms with van der Waals surface area (Å²) < 4.78 is 10.6. The van der Waals surface area contributed by atoms with E-state index in [0.29, 0.717) is 18.8 Å². The van der Waals surface area contributed by atoms with Gasteiger partial charge in [0, 0.05) is 19.7 Å². The first-order valence-corrected chi connectivity index (χ1v) is 5.75. The lowest BCUT2D eigenvalue weighted by molar-refractivity contribution is 0.0516. The highest BCUT2D eigenvalue weighted by Crippen LogP contribution is 2.15. The summed E-state index contributed by atoms with van der Waals surface area (Å²) in [6, 6.07) is 3.42. The summed E-state index contributed by atoms with van der Waals surface area (Å²) >= 11 is 0. The number of furan rings is 1. The van der Waals surface area contributed by atoms with Crippen LogP contribution >= 0.6 is 0 Å². The molecule has 4 heteroatoms. The summed E-state index contributed by atoms with van der Waals surface area (Å²) in [7, 11) is 0.